The molecule has 1 amide bonds. The minimum absolute atomic E-state index is 0.217. The molecular weight excluding hydrogens is 385 g/mol. The molecule has 2 aromatic carbocycles. The van der Waals surface area contributed by atoms with Crippen LogP contribution in [0.3, 0.4) is 0 Å². The lowest BCUT2D eigenvalue weighted by Gasteiger charge is -2.29. The highest BCUT2D eigenvalue weighted by atomic mass is 35.5. The Balaban J connectivity index is 1.97. The number of rotatable bonds is 5. The van der Waals surface area contributed by atoms with Crippen LogP contribution in [0, 0.1) is 6.92 Å². The van der Waals surface area contributed by atoms with Crippen molar-refractivity contribution in [2.24, 2.45) is 0 Å². The van der Waals surface area contributed by atoms with E-state index in [4.69, 9.17) is 27.9 Å². The monoisotopic (exact) mass is 407 g/mol. The van der Waals surface area contributed by atoms with Crippen molar-refractivity contribution < 1.29 is 14.6 Å². The van der Waals surface area contributed by atoms with Gasteiger partial charge in [0.15, 0.2) is 0 Å². The number of amides is 1. The molecule has 0 spiro atoms. The van der Waals surface area contributed by atoms with E-state index in [1.807, 2.05) is 50.2 Å². The average molecular weight is 408 g/mol. The first kappa shape index (κ1) is 20.2. The van der Waals surface area contributed by atoms with Crippen molar-refractivity contribution in [3.63, 3.8) is 0 Å². The second-order valence-electron chi connectivity index (χ2n) is 7.27. The Morgan fingerprint density at radius 1 is 1.19 bits per heavy atom. The summed E-state index contributed by atoms with van der Waals surface area (Å²) < 4.78 is 5.12. The van der Waals surface area contributed by atoms with Gasteiger partial charge in [-0.25, -0.2) is 0 Å². The predicted octanol–water partition coefficient (Wildman–Crippen LogP) is 4.34. The lowest BCUT2D eigenvalue weighted by atomic mass is 9.82. The van der Waals surface area contributed by atoms with E-state index in [0.29, 0.717) is 28.6 Å². The number of nitrogens with one attached hydrogen (secondary N) is 1. The summed E-state index contributed by atoms with van der Waals surface area (Å²) in [5.74, 6) is -0.927. The third-order valence-corrected chi connectivity index (χ3v) is 5.87. The summed E-state index contributed by atoms with van der Waals surface area (Å²) in [6, 6.07) is 11.3. The molecule has 1 saturated heterocycles. The van der Waals surface area contributed by atoms with E-state index in [1.54, 1.807) is 7.11 Å². The van der Waals surface area contributed by atoms with Gasteiger partial charge in [-0.05, 0) is 60.7 Å². The van der Waals surface area contributed by atoms with Crippen LogP contribution in [0.1, 0.15) is 30.4 Å². The van der Waals surface area contributed by atoms with Crippen molar-refractivity contribution in [2.45, 2.75) is 37.8 Å². The maximum Gasteiger partial charge on any atom is 0.230 e. The van der Waals surface area contributed by atoms with Crippen LogP contribution in [0.15, 0.2) is 36.4 Å². The molecular formula is C21H23Cl2NO3. The Labute approximate surface area is 169 Å². The zero-order valence-corrected chi connectivity index (χ0v) is 17.1. The number of carbonyl (C=O) groups excluding carboxylic acids is 1. The molecule has 0 aromatic heterocycles. The van der Waals surface area contributed by atoms with Crippen LogP contribution in [-0.4, -0.2) is 36.4 Å². The molecule has 2 aromatic rings. The van der Waals surface area contributed by atoms with Crippen LogP contribution in [0.5, 0.6) is 0 Å². The Kier molecular flexibility index (Phi) is 5.82. The van der Waals surface area contributed by atoms with Gasteiger partial charge in [-0.15, -0.1) is 0 Å². The van der Waals surface area contributed by atoms with Gasteiger partial charge in [-0.1, -0.05) is 41.4 Å². The van der Waals surface area contributed by atoms with Crippen molar-refractivity contribution >= 4 is 29.1 Å². The van der Waals surface area contributed by atoms with E-state index in [0.717, 1.165) is 16.7 Å². The summed E-state index contributed by atoms with van der Waals surface area (Å²) in [6.45, 7) is 4.19. The third-order valence-electron chi connectivity index (χ3n) is 5.31. The summed E-state index contributed by atoms with van der Waals surface area (Å²) in [4.78, 5) is 12.7. The zero-order chi connectivity index (χ0) is 19.8. The minimum atomic E-state index is -0.891. The molecule has 6 heteroatoms. The number of ether oxygens (including phenoxy) is 1. The van der Waals surface area contributed by atoms with Gasteiger partial charge in [-0.2, -0.15) is 0 Å². The number of hydrogen-bond acceptors (Lipinski definition) is 3. The fourth-order valence-corrected chi connectivity index (χ4v) is 4.23. The molecule has 1 aliphatic rings. The van der Waals surface area contributed by atoms with Crippen LogP contribution in [0.4, 0.5) is 0 Å². The van der Waals surface area contributed by atoms with E-state index in [9.17, 15) is 9.90 Å². The van der Waals surface area contributed by atoms with Crippen LogP contribution in [-0.2, 0) is 9.53 Å². The standard InChI is InChI=1S/C21H23Cl2NO3/c1-12-10-14(13-4-6-15(22)7-5-13)11-16(23)17(12)18-19(25)21(2,8-9-27-3)24-20(18)26/h4-7,10-11,18-19,25H,8-9H2,1-3H3,(H,24,26). The lowest BCUT2D eigenvalue weighted by Crippen LogP contribution is -2.46. The minimum Gasteiger partial charge on any atom is -0.390 e. The Hall–Kier alpha value is -1.59. The fourth-order valence-electron chi connectivity index (χ4n) is 3.72. The third kappa shape index (κ3) is 3.85. The topological polar surface area (TPSA) is 58.6 Å². The molecule has 1 fully saturated rings. The smallest absolute Gasteiger partial charge is 0.230 e. The molecule has 3 rings (SSSR count). The van der Waals surface area contributed by atoms with Gasteiger partial charge in [0, 0.05) is 23.8 Å². The van der Waals surface area contributed by atoms with Gasteiger partial charge in [0.1, 0.15) is 0 Å². The highest BCUT2D eigenvalue weighted by molar-refractivity contribution is 6.32. The van der Waals surface area contributed by atoms with Crippen LogP contribution < -0.4 is 5.32 Å². The molecule has 3 atom stereocenters. The number of aliphatic hydroxyl groups is 1. The Morgan fingerprint density at radius 2 is 1.85 bits per heavy atom. The molecule has 1 heterocycles. The van der Waals surface area contributed by atoms with Crippen molar-refractivity contribution in [1.82, 2.24) is 5.32 Å². The van der Waals surface area contributed by atoms with Crippen molar-refractivity contribution in [2.75, 3.05) is 13.7 Å². The first-order valence-electron chi connectivity index (χ1n) is 8.82. The molecule has 0 bridgehead atoms. The maximum absolute atomic E-state index is 12.7. The molecule has 0 saturated carbocycles. The number of aliphatic hydroxyl groups excluding tert-OH is 1. The maximum atomic E-state index is 12.7. The highest BCUT2D eigenvalue weighted by Gasteiger charge is 2.50. The Morgan fingerprint density at radius 3 is 2.44 bits per heavy atom. The molecule has 27 heavy (non-hydrogen) atoms. The highest BCUT2D eigenvalue weighted by Crippen LogP contribution is 2.41. The van der Waals surface area contributed by atoms with Crippen molar-refractivity contribution in [1.29, 1.82) is 0 Å². The molecule has 144 valence electrons. The first-order valence-corrected chi connectivity index (χ1v) is 9.57. The van der Waals surface area contributed by atoms with Gasteiger partial charge < -0.3 is 15.2 Å². The summed E-state index contributed by atoms with van der Waals surface area (Å²) in [6.07, 6.45) is -0.371. The van der Waals surface area contributed by atoms with Gasteiger partial charge in [0.2, 0.25) is 5.91 Å². The van der Waals surface area contributed by atoms with E-state index in [1.165, 1.54) is 0 Å². The van der Waals surface area contributed by atoms with Gasteiger partial charge in [-0.3, -0.25) is 4.79 Å². The molecule has 0 radical (unpaired) electrons. The quantitative estimate of drug-likeness (QED) is 0.774. The van der Waals surface area contributed by atoms with Gasteiger partial charge in [0.05, 0.1) is 17.6 Å². The zero-order valence-electron chi connectivity index (χ0n) is 15.6. The second kappa shape index (κ2) is 7.80. The first-order chi connectivity index (χ1) is 12.8. The molecule has 2 N–H and O–H groups in total. The van der Waals surface area contributed by atoms with E-state index < -0.39 is 17.6 Å². The average Bonchev–Trinajstić information content (AvgIpc) is 2.83. The van der Waals surface area contributed by atoms with Gasteiger partial charge >= 0.3 is 0 Å². The number of carbonyl (C=O) groups is 1. The second-order valence-corrected chi connectivity index (χ2v) is 8.11. The SMILES string of the molecule is COCCC1(C)NC(=O)C(c2c(C)cc(-c3ccc(Cl)cc3)cc2Cl)C1O. The predicted molar refractivity (Wildman–Crippen MR) is 108 cm³/mol. The summed E-state index contributed by atoms with van der Waals surface area (Å²) in [5, 5.41) is 15.0. The van der Waals surface area contributed by atoms with Crippen LogP contribution in [0.2, 0.25) is 10.0 Å². The van der Waals surface area contributed by atoms with Crippen molar-refractivity contribution in [3.8, 4) is 11.1 Å². The van der Waals surface area contributed by atoms with Crippen LogP contribution >= 0.6 is 23.2 Å². The largest absolute Gasteiger partial charge is 0.390 e. The lowest BCUT2D eigenvalue weighted by molar-refractivity contribution is -0.121. The van der Waals surface area contributed by atoms with E-state index in [-0.39, 0.29) is 5.91 Å². The summed E-state index contributed by atoms with van der Waals surface area (Å²) in [7, 11) is 1.60. The molecule has 1 aliphatic heterocycles. The number of halogens is 2. The van der Waals surface area contributed by atoms with E-state index in [2.05, 4.69) is 5.32 Å². The molecule has 3 unspecified atom stereocenters. The van der Waals surface area contributed by atoms with Crippen LogP contribution in [0.25, 0.3) is 11.1 Å². The van der Waals surface area contributed by atoms with E-state index >= 15 is 0 Å². The Bertz CT molecular complexity index is 830. The number of hydrogen-bond donors (Lipinski definition) is 2. The number of aryl methyl sites for hydroxylation is 1. The summed E-state index contributed by atoms with van der Waals surface area (Å²) in [5.41, 5.74) is 2.70. The molecule has 0 aliphatic carbocycles. The normalized spacial score (nSPS) is 24.9. The van der Waals surface area contributed by atoms with Crippen molar-refractivity contribution in [3.05, 3.63) is 57.6 Å². The van der Waals surface area contributed by atoms with Gasteiger partial charge in [0.25, 0.3) is 0 Å². The number of benzene rings is 2. The molecule has 4 nitrogen and oxygen atoms in total. The fraction of sp³-hybridized carbons (Fsp3) is 0.381. The number of methoxy groups -OCH3 is 1. The summed E-state index contributed by atoms with van der Waals surface area (Å²) >= 11 is 12.5.